The lowest BCUT2D eigenvalue weighted by Crippen LogP contribution is -2.08. The summed E-state index contributed by atoms with van der Waals surface area (Å²) in [6.07, 6.45) is 0. The molecule has 0 aliphatic heterocycles. The number of imidazole rings is 1. The van der Waals surface area contributed by atoms with Crippen molar-refractivity contribution in [3.05, 3.63) is 52.3 Å². The molecule has 0 saturated heterocycles. The summed E-state index contributed by atoms with van der Waals surface area (Å²) in [4.78, 5) is 15.2. The number of hydrogen-bond donors (Lipinski definition) is 1. The van der Waals surface area contributed by atoms with Crippen LogP contribution in [-0.4, -0.2) is 19.9 Å². The van der Waals surface area contributed by atoms with Crippen molar-refractivity contribution in [2.24, 2.45) is 0 Å². The summed E-state index contributed by atoms with van der Waals surface area (Å²) >= 11 is 6.03. The smallest absolute Gasteiger partial charge is 0.178 e. The first kappa shape index (κ1) is 14.5. The van der Waals surface area contributed by atoms with Crippen LogP contribution in [0.2, 0.25) is 5.15 Å². The first-order valence-corrected chi connectivity index (χ1v) is 6.77. The molecule has 1 atom stereocenters. The molecule has 3 rings (SSSR count). The van der Waals surface area contributed by atoms with Gasteiger partial charge in [-0.15, -0.1) is 0 Å². The van der Waals surface area contributed by atoms with Gasteiger partial charge in [-0.2, -0.15) is 15.8 Å². The molecule has 1 aromatic carbocycles. The average molecular weight is 320 g/mol. The zero-order valence-electron chi connectivity index (χ0n) is 11.4. The second-order valence-electron chi connectivity index (χ2n) is 4.52. The molecular formula is C15H6ClN7. The minimum absolute atomic E-state index is 0.0868. The third-order valence-corrected chi connectivity index (χ3v) is 3.45. The predicted octanol–water partition coefficient (Wildman–Crippen LogP) is 2.41. The number of H-pyrrole nitrogens is 1. The van der Waals surface area contributed by atoms with E-state index >= 15 is 0 Å². The molecule has 108 valence electrons. The van der Waals surface area contributed by atoms with E-state index in [2.05, 4.69) is 26.0 Å². The molecule has 0 spiro atoms. The molecule has 2 heterocycles. The lowest BCUT2D eigenvalue weighted by Gasteiger charge is -2.08. The standard InChI is InChI=1S/C15H6ClN7/c16-14-13(20-11(6-18)12(7-19)21-14)8(5-17)15-22-9-3-1-2-4-10(9)23-15/h1-4,8H,(H,22,23)/t8-/m1/s1. The molecule has 0 radical (unpaired) electrons. The van der Waals surface area contributed by atoms with Crippen molar-refractivity contribution >= 4 is 22.6 Å². The van der Waals surface area contributed by atoms with Crippen molar-refractivity contribution < 1.29 is 0 Å². The van der Waals surface area contributed by atoms with E-state index in [-0.39, 0.29) is 22.2 Å². The summed E-state index contributed by atoms with van der Waals surface area (Å²) in [5, 5.41) is 27.4. The number of para-hydroxylation sites is 2. The summed E-state index contributed by atoms with van der Waals surface area (Å²) in [6.45, 7) is 0. The Kier molecular flexibility index (Phi) is 3.60. The van der Waals surface area contributed by atoms with Gasteiger partial charge < -0.3 is 4.98 Å². The number of hydrogen-bond acceptors (Lipinski definition) is 6. The zero-order valence-corrected chi connectivity index (χ0v) is 12.2. The van der Waals surface area contributed by atoms with Crippen LogP contribution in [0.1, 0.15) is 28.8 Å². The minimum Gasteiger partial charge on any atom is -0.341 e. The highest BCUT2D eigenvalue weighted by atomic mass is 35.5. The van der Waals surface area contributed by atoms with Crippen LogP contribution in [-0.2, 0) is 0 Å². The fourth-order valence-corrected chi connectivity index (χ4v) is 2.36. The molecule has 2 aromatic heterocycles. The number of nitrogens with one attached hydrogen (secondary N) is 1. The first-order valence-electron chi connectivity index (χ1n) is 6.39. The third-order valence-electron chi connectivity index (χ3n) is 3.17. The summed E-state index contributed by atoms with van der Waals surface area (Å²) in [5.41, 5.74) is 1.19. The predicted molar refractivity (Wildman–Crippen MR) is 80.0 cm³/mol. The van der Waals surface area contributed by atoms with Gasteiger partial charge in [-0.25, -0.2) is 15.0 Å². The first-order chi connectivity index (χ1) is 11.2. The molecule has 0 fully saturated rings. The molecule has 1 N–H and O–H groups in total. The van der Waals surface area contributed by atoms with E-state index in [1.54, 1.807) is 18.2 Å². The van der Waals surface area contributed by atoms with E-state index in [4.69, 9.17) is 22.1 Å². The van der Waals surface area contributed by atoms with E-state index in [9.17, 15) is 5.26 Å². The van der Waals surface area contributed by atoms with Crippen LogP contribution in [0.15, 0.2) is 24.3 Å². The van der Waals surface area contributed by atoms with Crippen LogP contribution < -0.4 is 0 Å². The highest BCUT2D eigenvalue weighted by molar-refractivity contribution is 6.30. The van der Waals surface area contributed by atoms with Gasteiger partial charge in [0.05, 0.1) is 17.1 Å². The van der Waals surface area contributed by atoms with Gasteiger partial charge in [-0.1, -0.05) is 23.7 Å². The van der Waals surface area contributed by atoms with E-state index < -0.39 is 5.92 Å². The maximum Gasteiger partial charge on any atom is 0.178 e. The normalized spacial score (nSPS) is 11.4. The van der Waals surface area contributed by atoms with Gasteiger partial charge in [0.25, 0.3) is 0 Å². The lowest BCUT2D eigenvalue weighted by molar-refractivity contribution is 0.871. The summed E-state index contributed by atoms with van der Waals surface area (Å²) in [5.74, 6) is -0.583. The van der Waals surface area contributed by atoms with Crippen molar-refractivity contribution in [3.63, 3.8) is 0 Å². The molecule has 0 amide bonds. The Hall–Kier alpha value is -3.47. The fraction of sp³-hybridized carbons (Fsp3) is 0.0667. The van der Waals surface area contributed by atoms with Gasteiger partial charge in [0.15, 0.2) is 16.5 Å². The van der Waals surface area contributed by atoms with Gasteiger partial charge in [0.1, 0.15) is 29.6 Å². The number of benzene rings is 1. The molecule has 8 heteroatoms. The van der Waals surface area contributed by atoms with Crippen LogP contribution in [0.4, 0.5) is 0 Å². The third kappa shape index (κ3) is 2.44. The summed E-state index contributed by atoms with van der Waals surface area (Å²) in [7, 11) is 0. The maximum atomic E-state index is 9.49. The molecule has 0 saturated carbocycles. The van der Waals surface area contributed by atoms with Crippen molar-refractivity contribution in [2.45, 2.75) is 5.92 Å². The molecular weight excluding hydrogens is 314 g/mol. The van der Waals surface area contributed by atoms with Crippen molar-refractivity contribution in [1.29, 1.82) is 15.8 Å². The topological polar surface area (TPSA) is 126 Å². The number of rotatable bonds is 2. The van der Waals surface area contributed by atoms with E-state index in [0.717, 1.165) is 5.52 Å². The number of fused-ring (bicyclic) bond motifs is 1. The Bertz CT molecular complexity index is 1000. The van der Waals surface area contributed by atoms with Crippen molar-refractivity contribution in [1.82, 2.24) is 19.9 Å². The van der Waals surface area contributed by atoms with Crippen LogP contribution in [0.25, 0.3) is 11.0 Å². The highest BCUT2D eigenvalue weighted by Crippen LogP contribution is 2.27. The molecule has 0 aliphatic carbocycles. The average Bonchev–Trinajstić information content (AvgIpc) is 3.00. The fourth-order valence-electron chi connectivity index (χ4n) is 2.13. The Morgan fingerprint density at radius 1 is 1.00 bits per heavy atom. The quantitative estimate of drug-likeness (QED) is 0.772. The van der Waals surface area contributed by atoms with Crippen molar-refractivity contribution in [2.75, 3.05) is 0 Å². The lowest BCUT2D eigenvalue weighted by atomic mass is 10.1. The molecule has 23 heavy (non-hydrogen) atoms. The van der Waals surface area contributed by atoms with Crippen LogP contribution in [0.5, 0.6) is 0 Å². The second kappa shape index (κ2) is 5.73. The molecule has 0 aliphatic rings. The van der Waals surface area contributed by atoms with Gasteiger partial charge in [0, 0.05) is 0 Å². The van der Waals surface area contributed by atoms with E-state index in [1.165, 1.54) is 0 Å². The number of halogens is 1. The van der Waals surface area contributed by atoms with E-state index in [0.29, 0.717) is 11.3 Å². The second-order valence-corrected chi connectivity index (χ2v) is 4.88. The highest BCUT2D eigenvalue weighted by Gasteiger charge is 2.25. The minimum atomic E-state index is -0.928. The largest absolute Gasteiger partial charge is 0.341 e. The molecule has 7 nitrogen and oxygen atoms in total. The number of nitrogens with zero attached hydrogens (tertiary/aromatic N) is 6. The van der Waals surface area contributed by atoms with Crippen molar-refractivity contribution in [3.8, 4) is 18.2 Å². The van der Waals surface area contributed by atoms with E-state index in [1.807, 2.05) is 18.2 Å². The Morgan fingerprint density at radius 2 is 1.70 bits per heavy atom. The number of aromatic amines is 1. The van der Waals surface area contributed by atoms with Gasteiger partial charge >= 0.3 is 0 Å². The van der Waals surface area contributed by atoms with Gasteiger partial charge in [-0.3, -0.25) is 0 Å². The summed E-state index contributed by atoms with van der Waals surface area (Å²) < 4.78 is 0. The molecule has 3 aromatic rings. The maximum absolute atomic E-state index is 9.49. The van der Waals surface area contributed by atoms with Crippen LogP contribution in [0, 0.1) is 34.0 Å². The Balaban J connectivity index is 2.17. The van der Waals surface area contributed by atoms with Crippen LogP contribution >= 0.6 is 11.6 Å². The number of aromatic nitrogens is 4. The van der Waals surface area contributed by atoms with Crippen LogP contribution in [0.3, 0.4) is 0 Å². The molecule has 0 bridgehead atoms. The monoisotopic (exact) mass is 319 g/mol. The zero-order chi connectivity index (χ0) is 16.4. The summed E-state index contributed by atoms with van der Waals surface area (Å²) in [6, 6.07) is 12.9. The van der Waals surface area contributed by atoms with Gasteiger partial charge in [-0.05, 0) is 12.1 Å². The number of nitriles is 3. The molecule has 0 unspecified atom stereocenters. The Labute approximate surface area is 135 Å². The SMILES string of the molecule is N#Cc1nc(Cl)c([C@@H](C#N)c2nc3ccccc3[nH]2)nc1C#N. The van der Waals surface area contributed by atoms with Gasteiger partial charge in [0.2, 0.25) is 0 Å². The Morgan fingerprint density at radius 3 is 2.35 bits per heavy atom.